The van der Waals surface area contributed by atoms with Crippen LogP contribution in [0, 0.1) is 17.1 Å². The van der Waals surface area contributed by atoms with E-state index in [1.54, 1.807) is 19.1 Å². The first-order valence-electron chi connectivity index (χ1n) is 5.23. The lowest BCUT2D eigenvalue weighted by molar-refractivity contribution is -0.143. The van der Waals surface area contributed by atoms with Crippen molar-refractivity contribution in [2.75, 3.05) is 11.9 Å². The first-order valence-corrected chi connectivity index (χ1v) is 5.23. The molecule has 17 heavy (non-hydrogen) atoms. The van der Waals surface area contributed by atoms with E-state index in [2.05, 4.69) is 5.32 Å². The van der Waals surface area contributed by atoms with Gasteiger partial charge >= 0.3 is 5.97 Å². The average Bonchev–Trinajstić information content (AvgIpc) is 2.31. The van der Waals surface area contributed by atoms with Crippen LogP contribution >= 0.6 is 0 Å². The summed E-state index contributed by atoms with van der Waals surface area (Å²) in [7, 11) is 0. The molecule has 90 valence electrons. The summed E-state index contributed by atoms with van der Waals surface area (Å²) >= 11 is 0. The van der Waals surface area contributed by atoms with Crippen LogP contribution in [0.4, 0.5) is 10.1 Å². The van der Waals surface area contributed by atoms with Crippen LogP contribution in [0.2, 0.25) is 0 Å². The molecule has 1 aromatic rings. The van der Waals surface area contributed by atoms with E-state index in [4.69, 9.17) is 10.00 Å². The predicted octanol–water partition coefficient (Wildman–Crippen LogP) is 2.08. The zero-order chi connectivity index (χ0) is 12.7. The van der Waals surface area contributed by atoms with Crippen LogP contribution in [0.1, 0.15) is 13.3 Å². The molecule has 1 aromatic carbocycles. The number of para-hydroxylation sites is 1. The predicted molar refractivity (Wildman–Crippen MR) is 60.7 cm³/mol. The fourth-order valence-corrected chi connectivity index (χ4v) is 1.28. The Labute approximate surface area is 99.0 Å². The zero-order valence-corrected chi connectivity index (χ0v) is 9.44. The Bertz CT molecular complexity index is 429. The molecule has 1 atom stereocenters. The van der Waals surface area contributed by atoms with Crippen LogP contribution < -0.4 is 5.32 Å². The van der Waals surface area contributed by atoms with Gasteiger partial charge in [0.15, 0.2) is 0 Å². The summed E-state index contributed by atoms with van der Waals surface area (Å²) in [6.07, 6.45) is -0.112. The largest absolute Gasteiger partial charge is 0.466 e. The van der Waals surface area contributed by atoms with Gasteiger partial charge in [0.2, 0.25) is 0 Å². The topological polar surface area (TPSA) is 62.1 Å². The Morgan fingerprint density at radius 2 is 2.29 bits per heavy atom. The summed E-state index contributed by atoms with van der Waals surface area (Å²) in [4.78, 5) is 11.2. The highest BCUT2D eigenvalue weighted by atomic mass is 19.1. The highest BCUT2D eigenvalue weighted by molar-refractivity contribution is 5.71. The van der Waals surface area contributed by atoms with E-state index in [0.717, 1.165) is 0 Å². The molecule has 1 N–H and O–H groups in total. The standard InChI is InChI=1S/C12H13FN2O2/c1-2-17-12(16)7-9(8-14)15-11-6-4-3-5-10(11)13/h3-6,9,15H,2,7H2,1H3. The molecular weight excluding hydrogens is 223 g/mol. The van der Waals surface area contributed by atoms with E-state index in [1.807, 2.05) is 6.07 Å². The minimum absolute atomic E-state index is 0.112. The van der Waals surface area contributed by atoms with Gasteiger partial charge < -0.3 is 10.1 Å². The van der Waals surface area contributed by atoms with Crippen molar-refractivity contribution in [3.63, 3.8) is 0 Å². The molecule has 0 radical (unpaired) electrons. The second-order valence-corrected chi connectivity index (χ2v) is 3.32. The average molecular weight is 236 g/mol. The summed E-state index contributed by atoms with van der Waals surface area (Å²) in [5, 5.41) is 11.5. The van der Waals surface area contributed by atoms with Crippen LogP contribution in [0.3, 0.4) is 0 Å². The van der Waals surface area contributed by atoms with Gasteiger partial charge in [-0.3, -0.25) is 4.79 Å². The number of hydrogen-bond donors (Lipinski definition) is 1. The molecule has 0 amide bonds. The van der Waals surface area contributed by atoms with Gasteiger partial charge in [-0.25, -0.2) is 4.39 Å². The fourth-order valence-electron chi connectivity index (χ4n) is 1.28. The molecule has 0 heterocycles. The quantitative estimate of drug-likeness (QED) is 0.795. The molecule has 0 saturated heterocycles. The van der Waals surface area contributed by atoms with Gasteiger partial charge in [0.25, 0.3) is 0 Å². The molecule has 0 aromatic heterocycles. The number of hydrogen-bond acceptors (Lipinski definition) is 4. The van der Waals surface area contributed by atoms with E-state index >= 15 is 0 Å². The first kappa shape index (κ1) is 13.0. The summed E-state index contributed by atoms with van der Waals surface area (Å²) in [6.45, 7) is 1.94. The smallest absolute Gasteiger partial charge is 0.308 e. The van der Waals surface area contributed by atoms with Crippen molar-refractivity contribution in [1.29, 1.82) is 5.26 Å². The van der Waals surface area contributed by atoms with Crippen molar-refractivity contribution in [1.82, 2.24) is 0 Å². The normalized spacial score (nSPS) is 11.4. The van der Waals surface area contributed by atoms with Crippen molar-refractivity contribution < 1.29 is 13.9 Å². The molecule has 5 heteroatoms. The lowest BCUT2D eigenvalue weighted by Crippen LogP contribution is -2.23. The molecule has 0 fully saturated rings. The molecule has 4 nitrogen and oxygen atoms in total. The third-order valence-electron chi connectivity index (χ3n) is 2.04. The summed E-state index contributed by atoms with van der Waals surface area (Å²) in [5.41, 5.74) is 0.198. The molecule has 0 aliphatic rings. The summed E-state index contributed by atoms with van der Waals surface area (Å²) in [5.74, 6) is -0.945. The van der Waals surface area contributed by atoms with Crippen LogP contribution in [0.15, 0.2) is 24.3 Å². The van der Waals surface area contributed by atoms with E-state index in [-0.39, 0.29) is 18.7 Å². The number of nitrogens with one attached hydrogen (secondary N) is 1. The maximum Gasteiger partial charge on any atom is 0.308 e. The molecule has 1 unspecified atom stereocenters. The number of nitriles is 1. The number of halogens is 1. The van der Waals surface area contributed by atoms with E-state index < -0.39 is 17.8 Å². The third kappa shape index (κ3) is 4.11. The van der Waals surface area contributed by atoms with E-state index in [1.165, 1.54) is 12.1 Å². The molecule has 0 spiro atoms. The Morgan fingerprint density at radius 1 is 1.59 bits per heavy atom. The number of ether oxygens (including phenoxy) is 1. The number of anilines is 1. The van der Waals surface area contributed by atoms with Gasteiger partial charge in [-0.2, -0.15) is 5.26 Å². The Morgan fingerprint density at radius 3 is 2.88 bits per heavy atom. The van der Waals surface area contributed by atoms with Crippen molar-refractivity contribution in [2.45, 2.75) is 19.4 Å². The Hall–Kier alpha value is -2.09. The van der Waals surface area contributed by atoms with Crippen molar-refractivity contribution in [2.24, 2.45) is 0 Å². The van der Waals surface area contributed by atoms with Gasteiger partial charge in [-0.05, 0) is 19.1 Å². The second kappa shape index (κ2) is 6.48. The second-order valence-electron chi connectivity index (χ2n) is 3.32. The molecule has 0 aliphatic carbocycles. The first-order chi connectivity index (χ1) is 8.17. The Balaban J connectivity index is 2.62. The summed E-state index contributed by atoms with van der Waals surface area (Å²) in [6, 6.07) is 7.06. The molecule has 0 aliphatic heterocycles. The molecule has 0 bridgehead atoms. The zero-order valence-electron chi connectivity index (χ0n) is 9.44. The van der Waals surface area contributed by atoms with Crippen LogP contribution in [0.5, 0.6) is 0 Å². The van der Waals surface area contributed by atoms with Crippen molar-refractivity contribution in [3.8, 4) is 6.07 Å². The Kier molecular flexibility index (Phi) is 4.95. The molecule has 0 saturated carbocycles. The highest BCUT2D eigenvalue weighted by Crippen LogP contribution is 2.14. The molecule has 1 rings (SSSR count). The number of carbonyl (C=O) groups is 1. The van der Waals surface area contributed by atoms with Gasteiger partial charge in [0.1, 0.15) is 11.9 Å². The lowest BCUT2D eigenvalue weighted by Gasteiger charge is -2.12. The van der Waals surface area contributed by atoms with Crippen LogP contribution in [-0.2, 0) is 9.53 Å². The van der Waals surface area contributed by atoms with Gasteiger partial charge in [-0.15, -0.1) is 0 Å². The van der Waals surface area contributed by atoms with Crippen molar-refractivity contribution in [3.05, 3.63) is 30.1 Å². The summed E-state index contributed by atoms with van der Waals surface area (Å²) < 4.78 is 18.0. The fraction of sp³-hybridized carbons (Fsp3) is 0.333. The maximum atomic E-state index is 13.3. The number of benzene rings is 1. The minimum atomic E-state index is -0.800. The minimum Gasteiger partial charge on any atom is -0.466 e. The van der Waals surface area contributed by atoms with Crippen molar-refractivity contribution >= 4 is 11.7 Å². The van der Waals surface area contributed by atoms with Crippen LogP contribution in [0.25, 0.3) is 0 Å². The number of nitrogens with zero attached hydrogens (tertiary/aromatic N) is 1. The number of esters is 1. The number of carbonyl (C=O) groups excluding carboxylic acids is 1. The van der Waals surface area contributed by atoms with Gasteiger partial charge in [0, 0.05) is 0 Å². The van der Waals surface area contributed by atoms with E-state index in [0.29, 0.717) is 0 Å². The SMILES string of the molecule is CCOC(=O)CC(C#N)Nc1ccccc1F. The van der Waals surface area contributed by atoms with Gasteiger partial charge in [0.05, 0.1) is 24.8 Å². The molecular formula is C12H13FN2O2. The van der Waals surface area contributed by atoms with Gasteiger partial charge in [-0.1, -0.05) is 12.1 Å². The lowest BCUT2D eigenvalue weighted by atomic mass is 10.2. The monoisotopic (exact) mass is 236 g/mol. The van der Waals surface area contributed by atoms with E-state index in [9.17, 15) is 9.18 Å². The van der Waals surface area contributed by atoms with Crippen LogP contribution in [-0.4, -0.2) is 18.6 Å². The maximum absolute atomic E-state index is 13.3. The highest BCUT2D eigenvalue weighted by Gasteiger charge is 2.15. The number of rotatable bonds is 5. The third-order valence-corrected chi connectivity index (χ3v) is 2.04.